The van der Waals surface area contributed by atoms with Crippen molar-refractivity contribution in [1.29, 1.82) is 0 Å². The molecule has 0 amide bonds. The maximum absolute atomic E-state index is 12.4. The highest BCUT2D eigenvalue weighted by Crippen LogP contribution is 2.40. The molecule has 1 unspecified atom stereocenters. The van der Waals surface area contributed by atoms with Gasteiger partial charge in [-0.15, -0.1) is 0 Å². The second-order valence-electron chi connectivity index (χ2n) is 3.89. The van der Waals surface area contributed by atoms with Crippen LogP contribution in [0.25, 0.3) is 0 Å². The van der Waals surface area contributed by atoms with Crippen molar-refractivity contribution in [2.24, 2.45) is 0 Å². The minimum absolute atomic E-state index is 0.516. The maximum Gasteiger partial charge on any atom is 0.163 e. The summed E-state index contributed by atoms with van der Waals surface area (Å²) in [5.74, 6) is 0. The molecule has 0 N–H and O–H groups in total. The van der Waals surface area contributed by atoms with Gasteiger partial charge >= 0.3 is 0 Å². The summed E-state index contributed by atoms with van der Waals surface area (Å²) >= 11 is 11.0. The zero-order chi connectivity index (χ0) is 12.0. The molecule has 0 bridgehead atoms. The molecule has 1 atom stereocenters. The van der Waals surface area contributed by atoms with Crippen LogP contribution in [0.2, 0.25) is 10.0 Å². The highest BCUT2D eigenvalue weighted by Gasteiger charge is 2.30. The molecule has 86 valence electrons. The van der Waals surface area contributed by atoms with Crippen molar-refractivity contribution in [3.63, 3.8) is 0 Å². The first kappa shape index (κ1) is 11.4. The Hall–Kier alpha value is -0.670. The molecule has 1 nitrogen and oxygen atoms in total. The number of halogens is 2. The third-order valence-corrected chi connectivity index (χ3v) is 5.32. The summed E-state index contributed by atoms with van der Waals surface area (Å²) in [6.07, 6.45) is 0.691. The lowest BCUT2D eigenvalue weighted by Gasteiger charge is -2.22. The Bertz CT molecular complexity index is 598. The summed E-state index contributed by atoms with van der Waals surface area (Å²) in [5.41, 5.74) is 1.94. The number of benzene rings is 2. The maximum atomic E-state index is 12.4. The van der Waals surface area contributed by atoms with Crippen LogP contribution >= 0.6 is 23.2 Å². The summed E-state index contributed by atoms with van der Waals surface area (Å²) in [5, 5.41) is 1.04. The van der Waals surface area contributed by atoms with Gasteiger partial charge in [0.2, 0.25) is 0 Å². The van der Waals surface area contributed by atoms with Gasteiger partial charge in [-0.05, 0) is 18.2 Å². The van der Waals surface area contributed by atoms with Crippen molar-refractivity contribution in [2.75, 3.05) is 0 Å². The average Bonchev–Trinajstić information content (AvgIpc) is 2.35. The smallest absolute Gasteiger partial charge is 0.163 e. The Morgan fingerprint density at radius 1 is 1.00 bits per heavy atom. The Morgan fingerprint density at radius 2 is 1.76 bits per heavy atom. The first-order valence-corrected chi connectivity index (χ1v) is 7.05. The summed E-state index contributed by atoms with van der Waals surface area (Å²) in [7, 11) is 0. The van der Waals surface area contributed by atoms with Gasteiger partial charge in [-0.1, -0.05) is 41.4 Å². The van der Waals surface area contributed by atoms with Gasteiger partial charge in [-0.3, -0.25) is 0 Å². The lowest BCUT2D eigenvalue weighted by molar-refractivity contribution is 0.590. The largest absolute Gasteiger partial charge is 0.606 e. The van der Waals surface area contributed by atoms with E-state index in [9.17, 15) is 4.55 Å². The number of hydrogen-bond donors (Lipinski definition) is 0. The van der Waals surface area contributed by atoms with E-state index in [0.29, 0.717) is 16.5 Å². The van der Waals surface area contributed by atoms with E-state index in [1.54, 1.807) is 12.1 Å². The Balaban J connectivity index is 2.23. The quantitative estimate of drug-likeness (QED) is 0.668. The zero-order valence-electron chi connectivity index (χ0n) is 8.74. The van der Waals surface area contributed by atoms with Gasteiger partial charge in [-0.25, -0.2) is 0 Å². The van der Waals surface area contributed by atoms with Crippen molar-refractivity contribution in [3.8, 4) is 0 Å². The second kappa shape index (κ2) is 4.21. The predicted octanol–water partition coefficient (Wildman–Crippen LogP) is 4.06. The van der Waals surface area contributed by atoms with Crippen LogP contribution in [0.3, 0.4) is 0 Å². The van der Waals surface area contributed by atoms with E-state index in [1.807, 2.05) is 24.3 Å². The third-order valence-electron chi connectivity index (χ3n) is 2.89. The molecule has 4 heteroatoms. The molecule has 0 radical (unpaired) electrons. The molecular formula is C13H8Cl2OS. The lowest BCUT2D eigenvalue weighted by Crippen LogP contribution is -2.14. The fraction of sp³-hybridized carbons (Fsp3) is 0.0769. The van der Waals surface area contributed by atoms with Crippen molar-refractivity contribution in [1.82, 2.24) is 0 Å². The van der Waals surface area contributed by atoms with Gasteiger partial charge in [0.15, 0.2) is 9.79 Å². The van der Waals surface area contributed by atoms with Gasteiger partial charge in [0.05, 0.1) is 10.0 Å². The van der Waals surface area contributed by atoms with Crippen LogP contribution in [-0.4, -0.2) is 4.55 Å². The van der Waals surface area contributed by atoms with Crippen LogP contribution in [-0.2, 0) is 17.6 Å². The van der Waals surface area contributed by atoms with Crippen molar-refractivity contribution < 1.29 is 4.55 Å². The number of hydrogen-bond acceptors (Lipinski definition) is 1. The highest BCUT2D eigenvalue weighted by molar-refractivity contribution is 7.91. The lowest BCUT2D eigenvalue weighted by atomic mass is 10.0. The summed E-state index contributed by atoms with van der Waals surface area (Å²) in [4.78, 5) is 1.65. The predicted molar refractivity (Wildman–Crippen MR) is 70.4 cm³/mol. The Morgan fingerprint density at radius 3 is 2.59 bits per heavy atom. The molecule has 2 aromatic carbocycles. The molecule has 0 spiro atoms. The normalized spacial score (nSPS) is 17.5. The van der Waals surface area contributed by atoms with Crippen LogP contribution in [0.4, 0.5) is 0 Å². The van der Waals surface area contributed by atoms with Crippen molar-refractivity contribution in [3.05, 3.63) is 57.6 Å². The van der Waals surface area contributed by atoms with E-state index in [2.05, 4.69) is 0 Å². The molecule has 0 aliphatic carbocycles. The molecule has 1 heterocycles. The van der Waals surface area contributed by atoms with E-state index >= 15 is 0 Å². The second-order valence-corrected chi connectivity index (χ2v) is 6.09. The number of fused-ring (bicyclic) bond motifs is 2. The molecular weight excluding hydrogens is 275 g/mol. The minimum atomic E-state index is -1.15. The van der Waals surface area contributed by atoms with Gasteiger partial charge < -0.3 is 4.55 Å². The topological polar surface area (TPSA) is 23.1 Å². The van der Waals surface area contributed by atoms with E-state index in [-0.39, 0.29) is 0 Å². The summed E-state index contributed by atoms with van der Waals surface area (Å²) in [6, 6.07) is 11.2. The molecule has 1 aliphatic rings. The fourth-order valence-electron chi connectivity index (χ4n) is 2.05. The average molecular weight is 283 g/mol. The number of rotatable bonds is 0. The van der Waals surface area contributed by atoms with E-state index < -0.39 is 11.2 Å². The standard InChI is InChI=1S/C13H8Cl2OS/c14-10-5-6-12-9(13(10)15)7-8-3-1-2-4-11(8)17(12)16/h1-6H,7H2. The van der Waals surface area contributed by atoms with Gasteiger partial charge in [0, 0.05) is 28.7 Å². The molecule has 17 heavy (non-hydrogen) atoms. The summed E-state index contributed by atoms with van der Waals surface area (Å²) < 4.78 is 12.4. The molecule has 0 saturated carbocycles. The van der Waals surface area contributed by atoms with Crippen molar-refractivity contribution in [2.45, 2.75) is 16.2 Å². The van der Waals surface area contributed by atoms with Crippen LogP contribution < -0.4 is 0 Å². The van der Waals surface area contributed by atoms with Gasteiger partial charge in [0.1, 0.15) is 0 Å². The van der Waals surface area contributed by atoms with Crippen molar-refractivity contribution >= 4 is 34.4 Å². The first-order valence-electron chi connectivity index (χ1n) is 5.15. The Labute approximate surface area is 113 Å². The van der Waals surface area contributed by atoms with E-state index in [0.717, 1.165) is 20.9 Å². The first-order chi connectivity index (χ1) is 8.18. The van der Waals surface area contributed by atoms with Crippen LogP contribution in [0, 0.1) is 0 Å². The van der Waals surface area contributed by atoms with Crippen LogP contribution in [0.1, 0.15) is 11.1 Å². The highest BCUT2D eigenvalue weighted by atomic mass is 35.5. The van der Waals surface area contributed by atoms with Crippen LogP contribution in [0.5, 0.6) is 0 Å². The van der Waals surface area contributed by atoms with E-state index in [1.165, 1.54) is 0 Å². The Kier molecular flexibility index (Phi) is 2.83. The van der Waals surface area contributed by atoms with Crippen LogP contribution in [0.15, 0.2) is 46.2 Å². The van der Waals surface area contributed by atoms with Gasteiger partial charge in [0.25, 0.3) is 0 Å². The molecule has 0 aromatic heterocycles. The fourth-order valence-corrected chi connectivity index (χ4v) is 3.92. The van der Waals surface area contributed by atoms with Gasteiger partial charge in [-0.2, -0.15) is 0 Å². The minimum Gasteiger partial charge on any atom is -0.606 e. The molecule has 2 aromatic rings. The molecule has 0 fully saturated rings. The third kappa shape index (κ3) is 1.76. The monoisotopic (exact) mass is 282 g/mol. The molecule has 0 saturated heterocycles. The SMILES string of the molecule is [O-][S+]1c2ccccc2Cc2c1ccc(Cl)c2Cl. The zero-order valence-corrected chi connectivity index (χ0v) is 11.1. The summed E-state index contributed by atoms with van der Waals surface area (Å²) in [6.45, 7) is 0. The van der Waals surface area contributed by atoms with E-state index in [4.69, 9.17) is 23.2 Å². The molecule has 3 rings (SSSR count). The molecule has 1 aliphatic heterocycles.